The fraction of sp³-hybridized carbons (Fsp3) is 0.333. The van der Waals surface area contributed by atoms with Crippen LogP contribution >= 0.6 is 0 Å². The van der Waals surface area contributed by atoms with Gasteiger partial charge in [0.15, 0.2) is 0 Å². The van der Waals surface area contributed by atoms with Gasteiger partial charge in [-0.05, 0) is 37.5 Å². The van der Waals surface area contributed by atoms with E-state index < -0.39 is 10.0 Å². The molecule has 1 saturated carbocycles. The molecule has 132 valence electrons. The van der Waals surface area contributed by atoms with E-state index in [2.05, 4.69) is 10.3 Å². The Morgan fingerprint density at radius 1 is 1.24 bits per heavy atom. The van der Waals surface area contributed by atoms with Crippen LogP contribution in [0.25, 0.3) is 0 Å². The minimum absolute atomic E-state index is 0.108. The maximum Gasteiger partial charge on any atom is 0.245 e. The number of aromatic nitrogens is 1. The van der Waals surface area contributed by atoms with Crippen LogP contribution in [0.3, 0.4) is 0 Å². The first kappa shape index (κ1) is 17.6. The Bertz CT molecular complexity index is 821. The van der Waals surface area contributed by atoms with E-state index in [1.807, 2.05) is 37.3 Å². The summed E-state index contributed by atoms with van der Waals surface area (Å²) in [5.41, 5.74) is 0.976. The van der Waals surface area contributed by atoms with Crippen LogP contribution < -0.4 is 5.32 Å². The molecule has 0 aliphatic heterocycles. The van der Waals surface area contributed by atoms with Crippen molar-refractivity contribution in [1.82, 2.24) is 14.6 Å². The molecule has 1 heterocycles. The number of sulfonamides is 1. The quantitative estimate of drug-likeness (QED) is 0.821. The van der Waals surface area contributed by atoms with Gasteiger partial charge in [-0.25, -0.2) is 8.42 Å². The molecule has 0 spiro atoms. The van der Waals surface area contributed by atoms with Crippen LogP contribution in [0.1, 0.15) is 31.4 Å². The first-order chi connectivity index (χ1) is 12.0. The van der Waals surface area contributed by atoms with Crippen molar-refractivity contribution in [2.24, 2.45) is 0 Å². The molecule has 1 fully saturated rings. The number of amides is 1. The van der Waals surface area contributed by atoms with E-state index in [4.69, 9.17) is 0 Å². The van der Waals surface area contributed by atoms with E-state index in [-0.39, 0.29) is 29.4 Å². The molecule has 0 bridgehead atoms. The smallest absolute Gasteiger partial charge is 0.245 e. The molecule has 6 nitrogen and oxygen atoms in total. The van der Waals surface area contributed by atoms with E-state index in [1.165, 1.54) is 22.8 Å². The van der Waals surface area contributed by atoms with E-state index in [9.17, 15) is 13.2 Å². The molecule has 1 aliphatic rings. The molecule has 2 aromatic rings. The summed E-state index contributed by atoms with van der Waals surface area (Å²) in [6.07, 6.45) is 4.39. The minimum Gasteiger partial charge on any atom is -0.348 e. The van der Waals surface area contributed by atoms with Crippen molar-refractivity contribution in [1.29, 1.82) is 0 Å². The molecule has 7 heteroatoms. The Kier molecular flexibility index (Phi) is 5.15. The summed E-state index contributed by atoms with van der Waals surface area (Å²) in [6, 6.07) is 12.4. The molecule has 0 saturated heterocycles. The average Bonchev–Trinajstić information content (AvgIpc) is 3.46. The SMILES string of the molecule is C[C@@H](NC(=O)CN(C1CC1)S(=O)(=O)c1cccnc1)c1ccccc1. The minimum atomic E-state index is -3.72. The Morgan fingerprint density at radius 3 is 2.56 bits per heavy atom. The van der Waals surface area contributed by atoms with Crippen LogP contribution in [-0.2, 0) is 14.8 Å². The number of hydrogen-bond donors (Lipinski definition) is 1. The normalized spacial score (nSPS) is 15.8. The van der Waals surface area contributed by atoms with Crippen LogP contribution in [0.15, 0.2) is 59.8 Å². The Balaban J connectivity index is 1.71. The van der Waals surface area contributed by atoms with E-state index in [0.29, 0.717) is 0 Å². The van der Waals surface area contributed by atoms with Gasteiger partial charge >= 0.3 is 0 Å². The molecule has 1 aromatic heterocycles. The number of nitrogens with one attached hydrogen (secondary N) is 1. The van der Waals surface area contributed by atoms with Gasteiger partial charge in [-0.2, -0.15) is 4.31 Å². The summed E-state index contributed by atoms with van der Waals surface area (Å²) < 4.78 is 26.9. The third-order valence-corrected chi connectivity index (χ3v) is 6.05. The molecule has 0 unspecified atom stereocenters. The van der Waals surface area contributed by atoms with Crippen molar-refractivity contribution in [3.63, 3.8) is 0 Å². The molecule has 1 atom stereocenters. The lowest BCUT2D eigenvalue weighted by Gasteiger charge is -2.22. The standard InChI is InChI=1S/C18H21N3O3S/c1-14(15-6-3-2-4-7-15)20-18(22)13-21(16-9-10-16)25(23,24)17-8-5-11-19-12-17/h2-8,11-12,14,16H,9-10,13H2,1H3,(H,20,22)/t14-/m1/s1. The van der Waals surface area contributed by atoms with Gasteiger partial charge in [-0.15, -0.1) is 0 Å². The fourth-order valence-electron chi connectivity index (χ4n) is 2.66. The summed E-state index contributed by atoms with van der Waals surface area (Å²) in [5, 5.41) is 2.87. The fourth-order valence-corrected chi connectivity index (χ4v) is 4.27. The molecule has 1 N–H and O–H groups in total. The summed E-state index contributed by atoms with van der Waals surface area (Å²) in [6.45, 7) is 1.70. The number of nitrogens with zero attached hydrogens (tertiary/aromatic N) is 2. The zero-order chi connectivity index (χ0) is 17.9. The first-order valence-electron chi connectivity index (χ1n) is 8.24. The van der Waals surface area contributed by atoms with Crippen LogP contribution in [0, 0.1) is 0 Å². The van der Waals surface area contributed by atoms with Crippen LogP contribution in [0.4, 0.5) is 0 Å². The second kappa shape index (κ2) is 7.33. The highest BCUT2D eigenvalue weighted by Gasteiger charge is 2.39. The molecule has 0 radical (unpaired) electrons. The summed E-state index contributed by atoms with van der Waals surface area (Å²) >= 11 is 0. The number of hydrogen-bond acceptors (Lipinski definition) is 4. The maximum absolute atomic E-state index is 12.8. The van der Waals surface area contributed by atoms with Crippen molar-refractivity contribution in [2.75, 3.05) is 6.54 Å². The lowest BCUT2D eigenvalue weighted by atomic mass is 10.1. The van der Waals surface area contributed by atoms with Gasteiger partial charge in [-0.1, -0.05) is 30.3 Å². The zero-order valence-corrected chi connectivity index (χ0v) is 14.8. The molecule has 1 aromatic carbocycles. The molecular weight excluding hydrogens is 338 g/mol. The monoisotopic (exact) mass is 359 g/mol. The second-order valence-corrected chi connectivity index (χ2v) is 8.06. The third-order valence-electron chi connectivity index (χ3n) is 4.17. The number of benzene rings is 1. The number of rotatable bonds is 7. The number of carbonyl (C=O) groups is 1. The number of pyridine rings is 1. The highest BCUT2D eigenvalue weighted by Crippen LogP contribution is 2.31. The van der Waals surface area contributed by atoms with Crippen LogP contribution in [0.2, 0.25) is 0 Å². The van der Waals surface area contributed by atoms with E-state index in [1.54, 1.807) is 6.07 Å². The van der Waals surface area contributed by atoms with Crippen molar-refractivity contribution in [3.05, 3.63) is 60.4 Å². The van der Waals surface area contributed by atoms with Crippen LogP contribution in [0.5, 0.6) is 0 Å². The molecule has 1 amide bonds. The lowest BCUT2D eigenvalue weighted by Crippen LogP contribution is -2.42. The van der Waals surface area contributed by atoms with Gasteiger partial charge in [0.05, 0.1) is 12.6 Å². The highest BCUT2D eigenvalue weighted by atomic mass is 32.2. The van der Waals surface area contributed by atoms with Gasteiger partial charge in [0.1, 0.15) is 4.90 Å². The summed E-state index contributed by atoms with van der Waals surface area (Å²) in [7, 11) is -3.72. The summed E-state index contributed by atoms with van der Waals surface area (Å²) in [4.78, 5) is 16.4. The van der Waals surface area contributed by atoms with Crippen molar-refractivity contribution < 1.29 is 13.2 Å². The Hall–Kier alpha value is -2.25. The van der Waals surface area contributed by atoms with Gasteiger partial charge in [0, 0.05) is 18.4 Å². The van der Waals surface area contributed by atoms with E-state index >= 15 is 0 Å². The van der Waals surface area contributed by atoms with Gasteiger partial charge in [0.2, 0.25) is 15.9 Å². The third kappa shape index (κ3) is 4.24. The zero-order valence-electron chi connectivity index (χ0n) is 14.0. The molecule has 3 rings (SSSR count). The topological polar surface area (TPSA) is 79.4 Å². The number of carbonyl (C=O) groups excluding carboxylic acids is 1. The lowest BCUT2D eigenvalue weighted by molar-refractivity contribution is -0.122. The predicted molar refractivity (Wildman–Crippen MR) is 94.2 cm³/mol. The largest absolute Gasteiger partial charge is 0.348 e. The summed E-state index contributed by atoms with van der Waals surface area (Å²) in [5.74, 6) is -0.310. The maximum atomic E-state index is 12.8. The second-order valence-electron chi connectivity index (χ2n) is 6.17. The molecular formula is C18H21N3O3S. The van der Waals surface area contributed by atoms with E-state index in [0.717, 1.165) is 18.4 Å². The van der Waals surface area contributed by atoms with Crippen LogP contribution in [-0.4, -0.2) is 36.2 Å². The average molecular weight is 359 g/mol. The Labute approximate surface area is 147 Å². The van der Waals surface area contributed by atoms with Crippen molar-refractivity contribution in [2.45, 2.75) is 36.7 Å². The first-order valence-corrected chi connectivity index (χ1v) is 9.68. The van der Waals surface area contributed by atoms with Gasteiger partial charge in [0.25, 0.3) is 0 Å². The predicted octanol–water partition coefficient (Wildman–Crippen LogP) is 2.11. The van der Waals surface area contributed by atoms with Crippen molar-refractivity contribution >= 4 is 15.9 Å². The molecule has 25 heavy (non-hydrogen) atoms. The van der Waals surface area contributed by atoms with Gasteiger partial charge in [-0.3, -0.25) is 9.78 Å². The van der Waals surface area contributed by atoms with Crippen molar-refractivity contribution in [3.8, 4) is 0 Å². The molecule has 1 aliphatic carbocycles. The van der Waals surface area contributed by atoms with Gasteiger partial charge < -0.3 is 5.32 Å². The Morgan fingerprint density at radius 2 is 1.96 bits per heavy atom. The highest BCUT2D eigenvalue weighted by molar-refractivity contribution is 7.89.